The van der Waals surface area contributed by atoms with E-state index in [0.717, 1.165) is 44.0 Å². The first kappa shape index (κ1) is 27.0. The molecule has 2 N–H and O–H groups in total. The van der Waals surface area contributed by atoms with Crippen molar-refractivity contribution in [3.05, 3.63) is 35.4 Å². The largest absolute Gasteiger partial charge is 0.411 e. The average Bonchev–Trinajstić information content (AvgIpc) is 2.65. The maximum absolute atomic E-state index is 12.2. The number of nitrogens with zero attached hydrogens (tertiary/aromatic N) is 2. The summed E-state index contributed by atoms with van der Waals surface area (Å²) < 4.78 is 41.3. The second-order valence-electron chi connectivity index (χ2n) is 7.97. The summed E-state index contributed by atoms with van der Waals surface area (Å²) in [6.07, 6.45) is -2.14. The average molecular weight is 542 g/mol. The number of piperidine rings is 1. The Kier molecular flexibility index (Phi) is 12.0. The highest BCUT2D eigenvalue weighted by molar-refractivity contribution is 14.0. The first-order valence-corrected chi connectivity index (χ1v) is 10.2. The Hall–Kier alpha value is -1.07. The number of halogens is 4. The number of hydrogen-bond donors (Lipinski definition) is 2. The topological polar surface area (TPSA) is 48.9 Å². The van der Waals surface area contributed by atoms with Crippen molar-refractivity contribution in [2.24, 2.45) is 10.9 Å². The molecule has 30 heavy (non-hydrogen) atoms. The predicted molar refractivity (Wildman–Crippen MR) is 125 cm³/mol. The minimum Gasteiger partial charge on any atom is -0.367 e. The fourth-order valence-corrected chi connectivity index (χ4v) is 3.46. The van der Waals surface area contributed by atoms with E-state index in [0.29, 0.717) is 24.1 Å². The molecule has 2 rings (SSSR count). The molecule has 5 nitrogen and oxygen atoms in total. The molecule has 0 atom stereocenters. The molecule has 1 aromatic carbocycles. The number of alkyl halides is 3. The lowest BCUT2D eigenvalue weighted by Crippen LogP contribution is -2.48. The molecule has 0 radical (unpaired) electrons. The van der Waals surface area contributed by atoms with E-state index < -0.39 is 12.8 Å². The Balaban J connectivity index is 0.00000450. The Morgan fingerprint density at radius 2 is 1.90 bits per heavy atom. The fraction of sp³-hybridized carbons (Fsp3) is 0.667. The molecule has 0 saturated carbocycles. The van der Waals surface area contributed by atoms with Gasteiger partial charge in [0.05, 0.1) is 6.61 Å². The monoisotopic (exact) mass is 542 g/mol. The van der Waals surface area contributed by atoms with Crippen molar-refractivity contribution in [3.8, 4) is 0 Å². The lowest BCUT2D eigenvalue weighted by molar-refractivity contribution is -0.176. The van der Waals surface area contributed by atoms with E-state index in [-0.39, 0.29) is 30.6 Å². The zero-order chi connectivity index (χ0) is 21.3. The summed E-state index contributed by atoms with van der Waals surface area (Å²) in [5, 5.41) is 6.77. The maximum atomic E-state index is 12.2. The molecule has 1 fully saturated rings. The predicted octanol–water partition coefficient (Wildman–Crippen LogP) is 4.17. The number of guanidine groups is 1. The van der Waals surface area contributed by atoms with Crippen LogP contribution in [0.1, 0.15) is 37.8 Å². The van der Waals surface area contributed by atoms with E-state index in [1.807, 2.05) is 18.2 Å². The molecule has 1 saturated heterocycles. The molecule has 1 aliphatic heterocycles. The third kappa shape index (κ3) is 10.8. The van der Waals surface area contributed by atoms with E-state index in [1.165, 1.54) is 0 Å². The van der Waals surface area contributed by atoms with Crippen molar-refractivity contribution in [1.29, 1.82) is 0 Å². The van der Waals surface area contributed by atoms with Crippen LogP contribution in [-0.4, -0.2) is 56.4 Å². The second kappa shape index (κ2) is 13.4. The van der Waals surface area contributed by atoms with Gasteiger partial charge in [-0.25, -0.2) is 0 Å². The van der Waals surface area contributed by atoms with E-state index in [4.69, 9.17) is 4.74 Å². The molecule has 1 aliphatic rings. The number of likely N-dealkylation sites (tertiary alicyclic amines) is 1. The van der Waals surface area contributed by atoms with Crippen LogP contribution < -0.4 is 10.6 Å². The third-order valence-electron chi connectivity index (χ3n) is 4.76. The van der Waals surface area contributed by atoms with Gasteiger partial charge in [0.2, 0.25) is 0 Å². The van der Waals surface area contributed by atoms with Gasteiger partial charge in [-0.1, -0.05) is 38.1 Å². The number of benzene rings is 1. The first-order chi connectivity index (χ1) is 13.7. The van der Waals surface area contributed by atoms with E-state index in [9.17, 15) is 13.2 Å². The van der Waals surface area contributed by atoms with Gasteiger partial charge in [-0.15, -0.1) is 24.0 Å². The zero-order valence-corrected chi connectivity index (χ0v) is 20.3. The lowest BCUT2D eigenvalue weighted by atomic mass is 10.0. The molecule has 0 unspecified atom stereocenters. The van der Waals surface area contributed by atoms with Crippen molar-refractivity contribution in [1.82, 2.24) is 15.5 Å². The van der Waals surface area contributed by atoms with Crippen molar-refractivity contribution >= 4 is 29.9 Å². The van der Waals surface area contributed by atoms with Gasteiger partial charge in [0.1, 0.15) is 6.61 Å². The van der Waals surface area contributed by atoms with Crippen LogP contribution in [-0.2, 0) is 17.9 Å². The van der Waals surface area contributed by atoms with Gasteiger partial charge in [-0.05, 0) is 29.9 Å². The summed E-state index contributed by atoms with van der Waals surface area (Å²) in [5.41, 5.74) is 1.68. The molecule has 0 spiro atoms. The lowest BCUT2D eigenvalue weighted by Gasteiger charge is -2.34. The van der Waals surface area contributed by atoms with Crippen molar-refractivity contribution < 1.29 is 17.9 Å². The highest BCUT2D eigenvalue weighted by Gasteiger charge is 2.27. The Morgan fingerprint density at radius 3 is 2.50 bits per heavy atom. The Morgan fingerprint density at radius 1 is 1.23 bits per heavy atom. The van der Waals surface area contributed by atoms with Crippen molar-refractivity contribution in [2.45, 2.75) is 52.1 Å². The molecular weight excluding hydrogens is 508 g/mol. The summed E-state index contributed by atoms with van der Waals surface area (Å²) in [6, 6.07) is 7.76. The molecule has 1 heterocycles. The van der Waals surface area contributed by atoms with Gasteiger partial charge in [-0.2, -0.15) is 13.2 Å². The molecule has 0 bridgehead atoms. The standard InChI is InChI=1S/C21H33F3N4O.HI/c1-16(2)13-28-9-7-19(8-10-28)27-20(25-3)26-12-17-5-4-6-18(11-17)14-29-15-21(22,23)24;/h4-6,11,16,19H,7-10,12-15H2,1-3H3,(H2,25,26,27);1H. The van der Waals surface area contributed by atoms with Gasteiger partial charge in [0, 0.05) is 39.3 Å². The van der Waals surface area contributed by atoms with Crippen LogP contribution in [0.2, 0.25) is 0 Å². The van der Waals surface area contributed by atoms with Crippen LogP contribution in [0.4, 0.5) is 13.2 Å². The Labute approximate surface area is 194 Å². The summed E-state index contributed by atoms with van der Waals surface area (Å²) in [6.45, 7) is 7.06. The normalized spacial score (nSPS) is 16.4. The van der Waals surface area contributed by atoms with Crippen LogP contribution in [0.3, 0.4) is 0 Å². The molecule has 1 aromatic rings. The second-order valence-corrected chi connectivity index (χ2v) is 7.97. The van der Waals surface area contributed by atoms with E-state index in [2.05, 4.69) is 34.4 Å². The molecule has 0 aromatic heterocycles. The van der Waals surface area contributed by atoms with Crippen LogP contribution in [0.5, 0.6) is 0 Å². The first-order valence-electron chi connectivity index (χ1n) is 10.2. The van der Waals surface area contributed by atoms with Crippen LogP contribution in [0, 0.1) is 5.92 Å². The highest BCUT2D eigenvalue weighted by atomic mass is 127. The number of ether oxygens (including phenoxy) is 1. The summed E-state index contributed by atoms with van der Waals surface area (Å²) >= 11 is 0. The summed E-state index contributed by atoms with van der Waals surface area (Å²) in [5.74, 6) is 1.43. The minimum absolute atomic E-state index is 0. The van der Waals surface area contributed by atoms with E-state index >= 15 is 0 Å². The van der Waals surface area contributed by atoms with Crippen LogP contribution in [0.15, 0.2) is 29.3 Å². The molecule has 172 valence electrons. The fourth-order valence-electron chi connectivity index (χ4n) is 3.46. The molecular formula is C21H34F3IN4O. The van der Waals surface area contributed by atoms with Gasteiger partial charge >= 0.3 is 6.18 Å². The SMILES string of the molecule is CN=C(NCc1cccc(COCC(F)(F)F)c1)NC1CCN(CC(C)C)CC1.I. The molecule has 0 amide bonds. The number of rotatable bonds is 8. The zero-order valence-electron chi connectivity index (χ0n) is 18.0. The summed E-state index contributed by atoms with van der Waals surface area (Å²) in [4.78, 5) is 6.80. The van der Waals surface area contributed by atoms with Crippen molar-refractivity contribution in [2.75, 3.05) is 33.3 Å². The quantitative estimate of drug-likeness (QED) is 0.294. The summed E-state index contributed by atoms with van der Waals surface area (Å²) in [7, 11) is 1.74. The van der Waals surface area contributed by atoms with Gasteiger partial charge < -0.3 is 20.3 Å². The van der Waals surface area contributed by atoms with Gasteiger partial charge in [0.15, 0.2) is 5.96 Å². The Bertz CT molecular complexity index is 647. The molecule has 0 aliphatic carbocycles. The number of nitrogens with one attached hydrogen (secondary N) is 2. The highest BCUT2D eigenvalue weighted by Crippen LogP contribution is 2.16. The van der Waals surface area contributed by atoms with Gasteiger partial charge in [-0.3, -0.25) is 4.99 Å². The third-order valence-corrected chi connectivity index (χ3v) is 4.76. The van der Waals surface area contributed by atoms with Crippen LogP contribution in [0.25, 0.3) is 0 Å². The maximum Gasteiger partial charge on any atom is 0.411 e. The minimum atomic E-state index is -4.30. The van der Waals surface area contributed by atoms with Crippen LogP contribution >= 0.6 is 24.0 Å². The smallest absolute Gasteiger partial charge is 0.367 e. The van der Waals surface area contributed by atoms with Gasteiger partial charge in [0.25, 0.3) is 0 Å². The van der Waals surface area contributed by atoms with Crippen molar-refractivity contribution in [3.63, 3.8) is 0 Å². The number of aliphatic imine (C=N–C) groups is 1. The number of hydrogen-bond acceptors (Lipinski definition) is 3. The molecule has 9 heteroatoms. The van der Waals surface area contributed by atoms with E-state index in [1.54, 1.807) is 13.1 Å².